The van der Waals surface area contributed by atoms with Crippen LogP contribution in [0.25, 0.3) is 0 Å². The summed E-state index contributed by atoms with van der Waals surface area (Å²) in [5, 5.41) is 4.56. The third kappa shape index (κ3) is 3.98. The fourth-order valence-electron chi connectivity index (χ4n) is 2.69. The van der Waals surface area contributed by atoms with Gasteiger partial charge < -0.3 is 5.32 Å². The fraction of sp³-hybridized carbons (Fsp3) is 0.923. The summed E-state index contributed by atoms with van der Waals surface area (Å²) in [4.78, 5) is 4.72. The SMILES string of the molecule is CC(CCS(C)=O)NC1=NCC2(CCCC2)CS1. The van der Waals surface area contributed by atoms with Gasteiger partial charge in [0.15, 0.2) is 5.17 Å². The largest absolute Gasteiger partial charge is 0.362 e. The first-order valence-electron chi connectivity index (χ1n) is 6.83. The summed E-state index contributed by atoms with van der Waals surface area (Å²) in [5.74, 6) is 2.00. The minimum Gasteiger partial charge on any atom is -0.362 e. The van der Waals surface area contributed by atoms with Crippen molar-refractivity contribution in [2.24, 2.45) is 10.4 Å². The van der Waals surface area contributed by atoms with Gasteiger partial charge in [-0.15, -0.1) is 0 Å². The van der Waals surface area contributed by atoms with Crippen LogP contribution < -0.4 is 5.32 Å². The molecule has 3 nitrogen and oxygen atoms in total. The Morgan fingerprint density at radius 2 is 2.22 bits per heavy atom. The molecule has 1 aliphatic heterocycles. The van der Waals surface area contributed by atoms with E-state index in [2.05, 4.69) is 12.2 Å². The van der Waals surface area contributed by atoms with Gasteiger partial charge in [0.1, 0.15) is 0 Å². The first-order chi connectivity index (χ1) is 8.60. The smallest absolute Gasteiger partial charge is 0.156 e. The molecule has 0 aromatic rings. The van der Waals surface area contributed by atoms with E-state index in [4.69, 9.17) is 4.99 Å². The first kappa shape index (κ1) is 14.4. The van der Waals surface area contributed by atoms with E-state index in [9.17, 15) is 4.21 Å². The molecule has 0 aromatic heterocycles. The second kappa shape index (κ2) is 6.42. The number of nitrogens with one attached hydrogen (secondary N) is 1. The van der Waals surface area contributed by atoms with Crippen molar-refractivity contribution in [1.29, 1.82) is 0 Å². The zero-order valence-electron chi connectivity index (χ0n) is 11.4. The summed E-state index contributed by atoms with van der Waals surface area (Å²) < 4.78 is 11.1. The minimum absolute atomic E-state index is 0.373. The van der Waals surface area contributed by atoms with Crippen molar-refractivity contribution in [1.82, 2.24) is 5.32 Å². The number of rotatable bonds is 4. The van der Waals surface area contributed by atoms with Gasteiger partial charge in [-0.05, 0) is 31.6 Å². The summed E-state index contributed by atoms with van der Waals surface area (Å²) in [6.45, 7) is 3.16. The number of aliphatic imine (C=N–C) groups is 1. The Bertz CT molecular complexity index is 338. The van der Waals surface area contributed by atoms with Crippen molar-refractivity contribution in [3.05, 3.63) is 0 Å². The molecular weight excluding hydrogens is 264 g/mol. The maximum absolute atomic E-state index is 11.1. The van der Waals surface area contributed by atoms with E-state index >= 15 is 0 Å². The van der Waals surface area contributed by atoms with Gasteiger partial charge in [-0.1, -0.05) is 24.6 Å². The molecule has 1 saturated carbocycles. The highest BCUT2D eigenvalue weighted by Crippen LogP contribution is 2.43. The predicted molar refractivity (Wildman–Crippen MR) is 81.8 cm³/mol. The number of hydrogen-bond acceptors (Lipinski definition) is 4. The van der Waals surface area contributed by atoms with Crippen LogP contribution >= 0.6 is 11.8 Å². The molecule has 1 spiro atoms. The highest BCUT2D eigenvalue weighted by atomic mass is 32.2. The first-order valence-corrected chi connectivity index (χ1v) is 9.55. The molecule has 0 aromatic carbocycles. The third-order valence-electron chi connectivity index (χ3n) is 3.95. The molecule has 1 heterocycles. The molecule has 2 aliphatic rings. The molecule has 2 unspecified atom stereocenters. The summed E-state index contributed by atoms with van der Waals surface area (Å²) >= 11 is 1.88. The summed E-state index contributed by atoms with van der Waals surface area (Å²) in [6, 6.07) is 0.373. The number of nitrogens with zero attached hydrogens (tertiary/aromatic N) is 1. The lowest BCUT2D eigenvalue weighted by Gasteiger charge is -2.31. The molecular formula is C13H24N2OS2. The molecule has 104 valence electrons. The standard InChI is InChI=1S/C13H24N2OS2/c1-11(5-8-18(2)16)15-12-14-9-13(10-17-12)6-3-4-7-13/h11H,3-10H2,1-2H3,(H,14,15). The van der Waals surface area contributed by atoms with E-state index in [0.29, 0.717) is 11.5 Å². The molecule has 0 saturated heterocycles. The van der Waals surface area contributed by atoms with Gasteiger partial charge in [-0.25, -0.2) is 0 Å². The molecule has 5 heteroatoms. The van der Waals surface area contributed by atoms with Crippen LogP contribution in [0, 0.1) is 5.41 Å². The summed E-state index contributed by atoms with van der Waals surface area (Å²) in [7, 11) is -0.686. The Morgan fingerprint density at radius 3 is 2.78 bits per heavy atom. The van der Waals surface area contributed by atoms with E-state index in [1.165, 1.54) is 31.4 Å². The minimum atomic E-state index is -0.686. The molecule has 0 amide bonds. The van der Waals surface area contributed by atoms with Crippen molar-refractivity contribution in [3.63, 3.8) is 0 Å². The Kier molecular flexibility index (Phi) is 5.13. The van der Waals surface area contributed by atoms with Gasteiger partial charge >= 0.3 is 0 Å². The number of hydrogen-bond donors (Lipinski definition) is 1. The highest BCUT2D eigenvalue weighted by molar-refractivity contribution is 8.13. The van der Waals surface area contributed by atoms with E-state index in [1.807, 2.05) is 11.8 Å². The third-order valence-corrected chi connectivity index (χ3v) is 6.03. The Hall–Kier alpha value is -0.0300. The maximum Gasteiger partial charge on any atom is 0.156 e. The quantitative estimate of drug-likeness (QED) is 0.863. The maximum atomic E-state index is 11.1. The van der Waals surface area contributed by atoms with Crippen molar-refractivity contribution >= 4 is 27.7 Å². The molecule has 1 aliphatic carbocycles. The van der Waals surface area contributed by atoms with Gasteiger partial charge in [0, 0.05) is 41.1 Å². The van der Waals surface area contributed by atoms with Gasteiger partial charge in [0.25, 0.3) is 0 Å². The van der Waals surface area contributed by atoms with Crippen LogP contribution in [-0.4, -0.2) is 39.7 Å². The molecule has 2 atom stereocenters. The summed E-state index contributed by atoms with van der Waals surface area (Å²) in [5.41, 5.74) is 0.518. The Balaban J connectivity index is 1.77. The van der Waals surface area contributed by atoms with E-state index in [1.54, 1.807) is 6.26 Å². The predicted octanol–water partition coefficient (Wildman–Crippen LogP) is 2.40. The highest BCUT2D eigenvalue weighted by Gasteiger charge is 2.36. The van der Waals surface area contributed by atoms with Gasteiger partial charge in [-0.3, -0.25) is 9.20 Å². The average Bonchev–Trinajstić information content (AvgIpc) is 2.79. The topological polar surface area (TPSA) is 41.5 Å². The van der Waals surface area contributed by atoms with Crippen LogP contribution in [0.5, 0.6) is 0 Å². The molecule has 1 fully saturated rings. The zero-order valence-corrected chi connectivity index (χ0v) is 13.0. The second-order valence-electron chi connectivity index (χ2n) is 5.73. The lowest BCUT2D eigenvalue weighted by molar-refractivity contribution is 0.358. The van der Waals surface area contributed by atoms with Crippen molar-refractivity contribution in [2.45, 2.75) is 45.1 Å². The average molecular weight is 288 g/mol. The summed E-state index contributed by atoms with van der Waals surface area (Å²) in [6.07, 6.45) is 8.22. The number of amidine groups is 1. The lowest BCUT2D eigenvalue weighted by Crippen LogP contribution is -2.37. The molecule has 0 bridgehead atoms. The van der Waals surface area contributed by atoms with E-state index in [0.717, 1.165) is 23.9 Å². The Morgan fingerprint density at radius 1 is 1.50 bits per heavy atom. The normalized spacial score (nSPS) is 25.8. The van der Waals surface area contributed by atoms with Crippen molar-refractivity contribution < 1.29 is 4.21 Å². The number of thioether (sulfide) groups is 1. The van der Waals surface area contributed by atoms with Crippen LogP contribution in [0.2, 0.25) is 0 Å². The van der Waals surface area contributed by atoms with Crippen molar-refractivity contribution in [2.75, 3.05) is 24.3 Å². The zero-order chi connectivity index (χ0) is 13.0. The molecule has 0 radical (unpaired) electrons. The molecule has 2 rings (SSSR count). The monoisotopic (exact) mass is 288 g/mol. The van der Waals surface area contributed by atoms with Crippen LogP contribution in [0.4, 0.5) is 0 Å². The Labute approximate surface area is 117 Å². The van der Waals surface area contributed by atoms with E-state index in [-0.39, 0.29) is 0 Å². The van der Waals surface area contributed by atoms with Gasteiger partial charge in [0.2, 0.25) is 0 Å². The lowest BCUT2D eigenvalue weighted by atomic mass is 9.89. The van der Waals surface area contributed by atoms with Crippen LogP contribution in [0.15, 0.2) is 4.99 Å². The van der Waals surface area contributed by atoms with Crippen LogP contribution in [-0.2, 0) is 10.8 Å². The molecule has 1 N–H and O–H groups in total. The van der Waals surface area contributed by atoms with Gasteiger partial charge in [-0.2, -0.15) is 0 Å². The van der Waals surface area contributed by atoms with Crippen LogP contribution in [0.3, 0.4) is 0 Å². The molecule has 18 heavy (non-hydrogen) atoms. The fourth-order valence-corrected chi connectivity index (χ4v) is 4.64. The van der Waals surface area contributed by atoms with Crippen LogP contribution in [0.1, 0.15) is 39.0 Å². The van der Waals surface area contributed by atoms with Gasteiger partial charge in [0.05, 0.1) is 0 Å². The van der Waals surface area contributed by atoms with Crippen molar-refractivity contribution in [3.8, 4) is 0 Å². The van der Waals surface area contributed by atoms with E-state index < -0.39 is 10.8 Å². The second-order valence-corrected chi connectivity index (χ2v) is 8.25.